The van der Waals surface area contributed by atoms with E-state index in [1.807, 2.05) is 0 Å². The second-order valence-corrected chi connectivity index (χ2v) is 5.39. The van der Waals surface area contributed by atoms with E-state index in [9.17, 15) is 4.79 Å². The Morgan fingerprint density at radius 1 is 1.25 bits per heavy atom. The van der Waals surface area contributed by atoms with E-state index in [1.54, 1.807) is 0 Å². The Kier molecular flexibility index (Phi) is 5.26. The number of nitrogens with two attached hydrogens (primary N) is 1. The Morgan fingerprint density at radius 3 is 2.31 bits per heavy atom. The molecule has 0 saturated heterocycles. The van der Waals surface area contributed by atoms with Crippen LogP contribution in [0.1, 0.15) is 58.8 Å². The van der Waals surface area contributed by atoms with Crippen LogP contribution in [0.4, 0.5) is 0 Å². The number of ether oxygens (including phenoxy) is 1. The lowest BCUT2D eigenvalue weighted by Gasteiger charge is -2.25. The second-order valence-electron chi connectivity index (χ2n) is 5.39. The molecule has 2 N–H and O–H groups in total. The molecule has 1 aliphatic carbocycles. The molecule has 0 aromatic heterocycles. The summed E-state index contributed by atoms with van der Waals surface area (Å²) in [6, 6.07) is 0. The lowest BCUT2D eigenvalue weighted by Crippen LogP contribution is -2.48. The van der Waals surface area contributed by atoms with Crippen LogP contribution in [0.5, 0.6) is 0 Å². The van der Waals surface area contributed by atoms with Crippen molar-refractivity contribution >= 4 is 5.97 Å². The summed E-state index contributed by atoms with van der Waals surface area (Å²) in [5, 5.41) is 0. The molecule has 94 valence electrons. The maximum atomic E-state index is 11.9. The third-order valence-electron chi connectivity index (χ3n) is 3.33. The number of hydrogen-bond acceptors (Lipinski definition) is 3. The maximum Gasteiger partial charge on any atom is 0.326 e. The number of carbonyl (C=O) groups is 1. The summed E-state index contributed by atoms with van der Waals surface area (Å²) in [6.07, 6.45) is 6.98. The molecule has 1 rings (SSSR count). The predicted molar refractivity (Wildman–Crippen MR) is 65.0 cm³/mol. The van der Waals surface area contributed by atoms with Crippen LogP contribution in [-0.2, 0) is 9.53 Å². The van der Waals surface area contributed by atoms with E-state index >= 15 is 0 Å². The molecule has 0 heterocycles. The number of carbonyl (C=O) groups excluding carboxylic acids is 1. The summed E-state index contributed by atoms with van der Waals surface area (Å²) >= 11 is 0. The topological polar surface area (TPSA) is 52.3 Å². The molecule has 3 heteroatoms. The molecule has 1 saturated carbocycles. The molecular weight excluding hydrogens is 202 g/mol. The van der Waals surface area contributed by atoms with Gasteiger partial charge in [0, 0.05) is 0 Å². The van der Waals surface area contributed by atoms with Crippen molar-refractivity contribution < 1.29 is 9.53 Å². The van der Waals surface area contributed by atoms with Gasteiger partial charge >= 0.3 is 5.97 Å². The molecule has 0 bridgehead atoms. The Hall–Kier alpha value is -0.570. The van der Waals surface area contributed by atoms with Gasteiger partial charge < -0.3 is 10.5 Å². The minimum Gasteiger partial charge on any atom is -0.464 e. The third kappa shape index (κ3) is 4.12. The zero-order valence-corrected chi connectivity index (χ0v) is 10.6. The first-order valence-corrected chi connectivity index (χ1v) is 6.51. The van der Waals surface area contributed by atoms with Gasteiger partial charge in [-0.3, -0.25) is 4.79 Å². The van der Waals surface area contributed by atoms with Gasteiger partial charge in [0.15, 0.2) is 0 Å². The summed E-state index contributed by atoms with van der Waals surface area (Å²) in [7, 11) is 0. The van der Waals surface area contributed by atoms with Crippen LogP contribution < -0.4 is 5.73 Å². The normalized spacial score (nSPS) is 20.5. The van der Waals surface area contributed by atoms with Crippen LogP contribution in [0.3, 0.4) is 0 Å². The highest BCUT2D eigenvalue weighted by molar-refractivity contribution is 5.80. The van der Waals surface area contributed by atoms with Crippen molar-refractivity contribution in [2.75, 3.05) is 6.61 Å². The first-order valence-electron chi connectivity index (χ1n) is 6.51. The van der Waals surface area contributed by atoms with Crippen molar-refractivity contribution in [3.8, 4) is 0 Å². The fraction of sp³-hybridized carbons (Fsp3) is 0.923. The molecule has 0 radical (unpaired) electrons. The maximum absolute atomic E-state index is 11.9. The van der Waals surface area contributed by atoms with E-state index in [2.05, 4.69) is 13.8 Å². The van der Waals surface area contributed by atoms with Crippen LogP contribution in [0.2, 0.25) is 0 Å². The predicted octanol–water partition coefficient (Wildman–Crippen LogP) is 2.63. The van der Waals surface area contributed by atoms with E-state index in [-0.39, 0.29) is 5.97 Å². The quantitative estimate of drug-likeness (QED) is 0.593. The monoisotopic (exact) mass is 227 g/mol. The third-order valence-corrected chi connectivity index (χ3v) is 3.33. The number of rotatable bonds is 4. The Balaban J connectivity index is 2.37. The highest BCUT2D eigenvalue weighted by Crippen LogP contribution is 2.26. The summed E-state index contributed by atoms with van der Waals surface area (Å²) in [5.74, 6) is 0.380. The molecule has 0 aliphatic heterocycles. The minimum absolute atomic E-state index is 0.185. The SMILES string of the molecule is CC(C)CCOC(=O)C1(N)CCCCCC1. The lowest BCUT2D eigenvalue weighted by atomic mass is 9.92. The van der Waals surface area contributed by atoms with E-state index < -0.39 is 5.54 Å². The van der Waals surface area contributed by atoms with Gasteiger partial charge in [0.05, 0.1) is 6.61 Å². The Morgan fingerprint density at radius 2 is 1.81 bits per heavy atom. The van der Waals surface area contributed by atoms with Crippen LogP contribution in [0.25, 0.3) is 0 Å². The van der Waals surface area contributed by atoms with Crippen LogP contribution in [0, 0.1) is 5.92 Å². The van der Waals surface area contributed by atoms with E-state index in [4.69, 9.17) is 10.5 Å². The largest absolute Gasteiger partial charge is 0.464 e. The van der Waals surface area contributed by atoms with Crippen LogP contribution >= 0.6 is 0 Å². The van der Waals surface area contributed by atoms with Gasteiger partial charge in [0.2, 0.25) is 0 Å². The van der Waals surface area contributed by atoms with Gasteiger partial charge in [-0.1, -0.05) is 39.5 Å². The van der Waals surface area contributed by atoms with Crippen molar-refractivity contribution in [2.24, 2.45) is 11.7 Å². The van der Waals surface area contributed by atoms with E-state index in [0.717, 1.165) is 32.1 Å². The molecular formula is C13H25NO2. The number of esters is 1. The molecule has 1 aliphatic rings. The summed E-state index contributed by atoms with van der Waals surface area (Å²) in [6.45, 7) is 4.75. The van der Waals surface area contributed by atoms with Gasteiger partial charge in [-0.15, -0.1) is 0 Å². The fourth-order valence-electron chi connectivity index (χ4n) is 2.09. The smallest absolute Gasteiger partial charge is 0.326 e. The van der Waals surface area contributed by atoms with E-state index in [1.165, 1.54) is 12.8 Å². The Labute approximate surface area is 98.7 Å². The lowest BCUT2D eigenvalue weighted by molar-refractivity contribution is -0.151. The zero-order chi connectivity index (χ0) is 12.0. The molecule has 0 aromatic rings. The highest BCUT2D eigenvalue weighted by Gasteiger charge is 2.35. The van der Waals surface area contributed by atoms with Gasteiger partial charge in [-0.25, -0.2) is 0 Å². The first kappa shape index (κ1) is 13.5. The molecule has 1 fully saturated rings. The standard InChI is InChI=1S/C13H25NO2/c1-11(2)7-10-16-12(15)13(14)8-5-3-4-6-9-13/h11H,3-10,14H2,1-2H3. The van der Waals surface area contributed by atoms with Crippen molar-refractivity contribution in [3.63, 3.8) is 0 Å². The van der Waals surface area contributed by atoms with Crippen molar-refractivity contribution in [3.05, 3.63) is 0 Å². The molecule has 0 aromatic carbocycles. The average molecular weight is 227 g/mol. The molecule has 0 atom stereocenters. The zero-order valence-electron chi connectivity index (χ0n) is 10.6. The summed E-state index contributed by atoms with van der Waals surface area (Å²) in [5.41, 5.74) is 5.44. The summed E-state index contributed by atoms with van der Waals surface area (Å²) < 4.78 is 5.29. The van der Waals surface area contributed by atoms with Crippen molar-refractivity contribution in [1.82, 2.24) is 0 Å². The average Bonchev–Trinajstić information content (AvgIpc) is 2.43. The van der Waals surface area contributed by atoms with Gasteiger partial charge in [-0.05, 0) is 25.2 Å². The molecule has 16 heavy (non-hydrogen) atoms. The Bertz CT molecular complexity index is 218. The van der Waals surface area contributed by atoms with Gasteiger partial charge in [-0.2, -0.15) is 0 Å². The molecule has 3 nitrogen and oxygen atoms in total. The molecule has 0 spiro atoms. The minimum atomic E-state index is -0.701. The fourth-order valence-corrected chi connectivity index (χ4v) is 2.09. The van der Waals surface area contributed by atoms with Crippen LogP contribution in [-0.4, -0.2) is 18.1 Å². The van der Waals surface area contributed by atoms with Crippen molar-refractivity contribution in [2.45, 2.75) is 64.3 Å². The molecule has 0 amide bonds. The summed E-state index contributed by atoms with van der Waals surface area (Å²) in [4.78, 5) is 11.9. The van der Waals surface area contributed by atoms with Gasteiger partial charge in [0.1, 0.15) is 5.54 Å². The number of hydrogen-bond donors (Lipinski definition) is 1. The highest BCUT2D eigenvalue weighted by atomic mass is 16.5. The second kappa shape index (κ2) is 6.24. The first-order chi connectivity index (χ1) is 7.54. The van der Waals surface area contributed by atoms with Gasteiger partial charge in [0.25, 0.3) is 0 Å². The molecule has 0 unspecified atom stereocenters. The van der Waals surface area contributed by atoms with Crippen molar-refractivity contribution in [1.29, 1.82) is 0 Å². The van der Waals surface area contributed by atoms with Crippen LogP contribution in [0.15, 0.2) is 0 Å². The van der Waals surface area contributed by atoms with E-state index in [0.29, 0.717) is 12.5 Å².